The van der Waals surface area contributed by atoms with Gasteiger partial charge in [-0.15, -0.1) is 48.6 Å². The molecule has 5 nitrogen and oxygen atoms in total. The van der Waals surface area contributed by atoms with Crippen molar-refractivity contribution >= 4 is 54.5 Å². The molecule has 1 aliphatic heterocycles. The Balaban J connectivity index is 0.00000192. The standard InChI is InChI=1S/C16H26N4OS.3ClH/c1-12-18-14(11-22-12)10-19-5-7-20(8-6-19)16(21)15-4-2-3-13(15)9-17;;;/h11,13,15H,2-10,17H2,1H3;3*1H/t13-,15-;;;/m1.../s1. The summed E-state index contributed by atoms with van der Waals surface area (Å²) in [7, 11) is 0. The van der Waals surface area contributed by atoms with Gasteiger partial charge in [0.2, 0.25) is 5.91 Å². The molecule has 1 saturated heterocycles. The van der Waals surface area contributed by atoms with E-state index in [0.717, 1.165) is 62.7 Å². The van der Waals surface area contributed by atoms with E-state index in [0.29, 0.717) is 18.4 Å². The molecule has 1 aromatic rings. The van der Waals surface area contributed by atoms with Crippen molar-refractivity contribution in [2.24, 2.45) is 17.6 Å². The molecule has 1 amide bonds. The predicted molar refractivity (Wildman–Crippen MR) is 110 cm³/mol. The first-order valence-electron chi connectivity index (χ1n) is 8.29. The highest BCUT2D eigenvalue weighted by atomic mass is 35.5. The molecule has 0 aromatic carbocycles. The monoisotopic (exact) mass is 430 g/mol. The smallest absolute Gasteiger partial charge is 0.226 e. The predicted octanol–water partition coefficient (Wildman–Crippen LogP) is 2.74. The Labute approximate surface area is 173 Å². The molecule has 2 N–H and O–H groups in total. The number of carbonyl (C=O) groups is 1. The van der Waals surface area contributed by atoms with Crippen LogP contribution >= 0.6 is 48.6 Å². The zero-order valence-electron chi connectivity index (χ0n) is 14.6. The molecule has 0 bridgehead atoms. The van der Waals surface area contributed by atoms with Crippen LogP contribution in [0.15, 0.2) is 5.38 Å². The third-order valence-corrected chi connectivity index (χ3v) is 5.84. The zero-order valence-corrected chi connectivity index (χ0v) is 17.8. The second kappa shape index (κ2) is 11.6. The fraction of sp³-hybridized carbons (Fsp3) is 0.750. The molecule has 0 unspecified atom stereocenters. The summed E-state index contributed by atoms with van der Waals surface area (Å²) in [6, 6.07) is 0. The van der Waals surface area contributed by atoms with Crippen LogP contribution in [-0.2, 0) is 11.3 Å². The molecule has 1 saturated carbocycles. The van der Waals surface area contributed by atoms with Crippen molar-refractivity contribution in [1.29, 1.82) is 0 Å². The van der Waals surface area contributed by atoms with Gasteiger partial charge in [0, 0.05) is 44.0 Å². The summed E-state index contributed by atoms with van der Waals surface area (Å²) < 4.78 is 0. The third-order valence-electron chi connectivity index (χ3n) is 5.02. The topological polar surface area (TPSA) is 62.5 Å². The van der Waals surface area contributed by atoms with Crippen LogP contribution in [0, 0.1) is 18.8 Å². The van der Waals surface area contributed by atoms with Crippen LogP contribution in [0.25, 0.3) is 0 Å². The number of nitrogens with zero attached hydrogens (tertiary/aromatic N) is 3. The zero-order chi connectivity index (χ0) is 15.5. The number of carbonyl (C=O) groups excluding carboxylic acids is 1. The lowest BCUT2D eigenvalue weighted by Gasteiger charge is -2.36. The van der Waals surface area contributed by atoms with Crippen LogP contribution in [0.1, 0.15) is 30.0 Å². The van der Waals surface area contributed by atoms with E-state index in [-0.39, 0.29) is 43.1 Å². The molecule has 0 radical (unpaired) electrons. The number of thiazole rings is 1. The highest BCUT2D eigenvalue weighted by Gasteiger charge is 2.35. The molecular weight excluding hydrogens is 403 g/mol. The summed E-state index contributed by atoms with van der Waals surface area (Å²) in [6.45, 7) is 7.18. The Bertz CT molecular complexity index is 523. The molecule has 1 aromatic heterocycles. The second-order valence-corrected chi connectivity index (χ2v) is 7.55. The minimum atomic E-state index is 0. The molecular formula is C16H29Cl3N4OS. The van der Waals surface area contributed by atoms with E-state index in [1.165, 1.54) is 0 Å². The van der Waals surface area contributed by atoms with Gasteiger partial charge < -0.3 is 10.6 Å². The van der Waals surface area contributed by atoms with E-state index in [9.17, 15) is 4.79 Å². The van der Waals surface area contributed by atoms with Crippen molar-refractivity contribution in [1.82, 2.24) is 14.8 Å². The molecule has 2 aliphatic rings. The van der Waals surface area contributed by atoms with Crippen LogP contribution in [0.3, 0.4) is 0 Å². The maximum Gasteiger partial charge on any atom is 0.226 e. The minimum absolute atomic E-state index is 0. The lowest BCUT2D eigenvalue weighted by Crippen LogP contribution is -2.50. The normalized spacial score (nSPS) is 23.4. The maximum atomic E-state index is 12.7. The van der Waals surface area contributed by atoms with E-state index >= 15 is 0 Å². The first-order chi connectivity index (χ1) is 10.7. The second-order valence-electron chi connectivity index (χ2n) is 6.49. The number of rotatable bonds is 4. The van der Waals surface area contributed by atoms with E-state index in [1.807, 2.05) is 6.92 Å². The highest BCUT2D eigenvalue weighted by Crippen LogP contribution is 2.32. The van der Waals surface area contributed by atoms with Gasteiger partial charge in [0.05, 0.1) is 10.7 Å². The third kappa shape index (κ3) is 6.22. The Morgan fingerprint density at radius 2 is 1.92 bits per heavy atom. The Morgan fingerprint density at radius 1 is 1.24 bits per heavy atom. The van der Waals surface area contributed by atoms with Crippen LogP contribution in [0.5, 0.6) is 0 Å². The van der Waals surface area contributed by atoms with Gasteiger partial charge in [0.15, 0.2) is 0 Å². The average Bonchev–Trinajstić information content (AvgIpc) is 3.16. The summed E-state index contributed by atoms with van der Waals surface area (Å²) >= 11 is 1.70. The molecule has 2 atom stereocenters. The van der Waals surface area contributed by atoms with E-state index in [1.54, 1.807) is 11.3 Å². The lowest BCUT2D eigenvalue weighted by molar-refractivity contribution is -0.138. The van der Waals surface area contributed by atoms with E-state index < -0.39 is 0 Å². The minimum Gasteiger partial charge on any atom is -0.340 e. The molecule has 1 aliphatic carbocycles. The van der Waals surface area contributed by atoms with Crippen molar-refractivity contribution in [2.45, 2.75) is 32.7 Å². The number of hydrogen-bond donors (Lipinski definition) is 1. The van der Waals surface area contributed by atoms with Gasteiger partial charge in [-0.3, -0.25) is 9.69 Å². The van der Waals surface area contributed by atoms with E-state index in [4.69, 9.17) is 5.73 Å². The quantitative estimate of drug-likeness (QED) is 0.796. The number of amides is 1. The summed E-state index contributed by atoms with van der Waals surface area (Å²) in [4.78, 5) is 21.7. The SMILES string of the molecule is Cc1nc(CN2CCN(C(=O)[C@@H]3CCC[C@@H]3CN)CC2)cs1.Cl.Cl.Cl. The van der Waals surface area contributed by atoms with Crippen molar-refractivity contribution in [3.05, 3.63) is 16.1 Å². The lowest BCUT2D eigenvalue weighted by atomic mass is 9.94. The van der Waals surface area contributed by atoms with Gasteiger partial charge in [-0.1, -0.05) is 6.42 Å². The van der Waals surface area contributed by atoms with Crippen LogP contribution in [-0.4, -0.2) is 53.4 Å². The van der Waals surface area contributed by atoms with Crippen molar-refractivity contribution in [3.8, 4) is 0 Å². The van der Waals surface area contributed by atoms with E-state index in [2.05, 4.69) is 20.2 Å². The number of piperazine rings is 1. The summed E-state index contributed by atoms with van der Waals surface area (Å²) in [5, 5.41) is 3.26. The van der Waals surface area contributed by atoms with Crippen LogP contribution < -0.4 is 5.73 Å². The fourth-order valence-corrected chi connectivity index (χ4v) is 4.32. The first-order valence-corrected chi connectivity index (χ1v) is 9.17. The number of nitrogens with two attached hydrogens (primary N) is 1. The molecule has 2 heterocycles. The van der Waals surface area contributed by atoms with Crippen molar-refractivity contribution < 1.29 is 4.79 Å². The Kier molecular flexibility index (Phi) is 11.5. The van der Waals surface area contributed by atoms with Gasteiger partial charge in [0.25, 0.3) is 0 Å². The summed E-state index contributed by atoms with van der Waals surface area (Å²) in [6.07, 6.45) is 3.30. The number of halogens is 3. The maximum absolute atomic E-state index is 12.7. The molecule has 9 heteroatoms. The van der Waals surface area contributed by atoms with Gasteiger partial charge >= 0.3 is 0 Å². The van der Waals surface area contributed by atoms with Crippen molar-refractivity contribution in [3.63, 3.8) is 0 Å². The summed E-state index contributed by atoms with van der Waals surface area (Å²) in [5.74, 6) is 0.929. The molecule has 146 valence electrons. The average molecular weight is 432 g/mol. The molecule has 0 spiro atoms. The van der Waals surface area contributed by atoms with Gasteiger partial charge in [0.1, 0.15) is 0 Å². The van der Waals surface area contributed by atoms with Gasteiger partial charge in [-0.05, 0) is 32.2 Å². The van der Waals surface area contributed by atoms with Gasteiger partial charge in [-0.2, -0.15) is 0 Å². The molecule has 3 rings (SSSR count). The first kappa shape index (κ1) is 24.9. The van der Waals surface area contributed by atoms with Crippen LogP contribution in [0.2, 0.25) is 0 Å². The summed E-state index contributed by atoms with van der Waals surface area (Å²) in [5.41, 5.74) is 6.97. The number of aromatic nitrogens is 1. The molecule has 2 fully saturated rings. The Hall–Kier alpha value is -0.110. The number of aryl methyl sites for hydroxylation is 1. The Morgan fingerprint density at radius 3 is 2.48 bits per heavy atom. The highest BCUT2D eigenvalue weighted by molar-refractivity contribution is 7.09. The number of hydrogen-bond acceptors (Lipinski definition) is 5. The fourth-order valence-electron chi connectivity index (χ4n) is 3.71. The van der Waals surface area contributed by atoms with Crippen molar-refractivity contribution in [2.75, 3.05) is 32.7 Å². The molecule has 25 heavy (non-hydrogen) atoms. The van der Waals surface area contributed by atoms with Gasteiger partial charge in [-0.25, -0.2) is 4.98 Å². The van der Waals surface area contributed by atoms with Crippen LogP contribution in [0.4, 0.5) is 0 Å². The largest absolute Gasteiger partial charge is 0.340 e.